The highest BCUT2D eigenvalue weighted by Gasteiger charge is 2.52. The summed E-state index contributed by atoms with van der Waals surface area (Å²) in [6.07, 6.45) is -0.427. The minimum absolute atomic E-state index is 0.390. The molecule has 1 aromatic rings. The predicted octanol–water partition coefficient (Wildman–Crippen LogP) is 1.59. The van der Waals surface area contributed by atoms with Crippen molar-refractivity contribution in [1.29, 1.82) is 0 Å². The Hall–Kier alpha value is -1.53. The van der Waals surface area contributed by atoms with Gasteiger partial charge in [-0.3, -0.25) is 0 Å². The summed E-state index contributed by atoms with van der Waals surface area (Å²) in [6.45, 7) is 8.48. The average molecular weight is 275 g/mol. The Morgan fingerprint density at radius 1 is 1.15 bits per heavy atom. The van der Waals surface area contributed by atoms with Crippen LogP contribution in [0.1, 0.15) is 33.3 Å². The largest absolute Gasteiger partial charge is 0.495 e. The molecule has 20 heavy (non-hydrogen) atoms. The van der Waals surface area contributed by atoms with Crippen LogP contribution in [0.4, 0.5) is 4.79 Å². The predicted molar refractivity (Wildman–Crippen MR) is 75.0 cm³/mol. The number of fused-ring (bicyclic) bond motifs is 1. The Morgan fingerprint density at radius 2 is 1.80 bits per heavy atom. The van der Waals surface area contributed by atoms with Crippen LogP contribution in [0, 0.1) is 0 Å². The average Bonchev–Trinajstić information content (AvgIpc) is 2.57. The number of nitrogens with one attached hydrogen (secondary N) is 1. The standard InChI is InChI=1S/C14H18BNO4/c1-13(2)14(3,4)20-15(19-13)10-6-5-7-11-9(10)8-16-12(17)18-11/h5-7H,8H2,1-4H3,(H,16,17). The van der Waals surface area contributed by atoms with Crippen LogP contribution in [0.15, 0.2) is 18.2 Å². The summed E-state index contributed by atoms with van der Waals surface area (Å²) in [6, 6.07) is 5.57. The Morgan fingerprint density at radius 3 is 2.45 bits per heavy atom. The Labute approximate surface area is 118 Å². The molecule has 0 aromatic heterocycles. The maximum absolute atomic E-state index is 11.3. The molecule has 1 saturated heterocycles. The van der Waals surface area contributed by atoms with Gasteiger partial charge in [-0.15, -0.1) is 0 Å². The lowest BCUT2D eigenvalue weighted by molar-refractivity contribution is 0.00578. The highest BCUT2D eigenvalue weighted by atomic mass is 16.7. The second-order valence-electron chi connectivity index (χ2n) is 6.16. The fraction of sp³-hybridized carbons (Fsp3) is 0.500. The van der Waals surface area contributed by atoms with Crippen molar-refractivity contribution in [2.45, 2.75) is 45.4 Å². The van der Waals surface area contributed by atoms with Gasteiger partial charge in [0.05, 0.1) is 11.2 Å². The fourth-order valence-electron chi connectivity index (χ4n) is 2.35. The molecule has 1 aromatic carbocycles. The van der Waals surface area contributed by atoms with Gasteiger partial charge in [0.2, 0.25) is 0 Å². The van der Waals surface area contributed by atoms with E-state index in [2.05, 4.69) is 5.32 Å². The van der Waals surface area contributed by atoms with Crippen molar-refractivity contribution in [2.75, 3.05) is 0 Å². The quantitative estimate of drug-likeness (QED) is 0.791. The molecular formula is C14H18BNO4. The molecule has 3 rings (SSSR count). The molecule has 0 unspecified atom stereocenters. The Bertz CT molecular complexity index is 554. The Balaban J connectivity index is 1.97. The summed E-state index contributed by atoms with van der Waals surface area (Å²) in [7, 11) is -0.450. The number of benzene rings is 1. The van der Waals surface area contributed by atoms with Gasteiger partial charge in [-0.05, 0) is 39.2 Å². The zero-order chi connectivity index (χ0) is 14.5. The van der Waals surface area contributed by atoms with E-state index >= 15 is 0 Å². The number of amides is 1. The number of carbonyl (C=O) groups is 1. The van der Waals surface area contributed by atoms with Gasteiger partial charge < -0.3 is 19.4 Å². The highest BCUT2D eigenvalue weighted by Crippen LogP contribution is 2.37. The molecule has 5 nitrogen and oxygen atoms in total. The first kappa shape index (κ1) is 13.5. The van der Waals surface area contributed by atoms with Crippen LogP contribution < -0.4 is 15.5 Å². The second kappa shape index (κ2) is 4.23. The Kier molecular flexibility index (Phi) is 2.85. The zero-order valence-electron chi connectivity index (χ0n) is 12.1. The lowest BCUT2D eigenvalue weighted by Crippen LogP contribution is -2.41. The molecule has 1 N–H and O–H groups in total. The summed E-state index contributed by atoms with van der Waals surface area (Å²) in [5, 5.41) is 2.67. The molecule has 0 aliphatic carbocycles. The number of ether oxygens (including phenoxy) is 1. The van der Waals surface area contributed by atoms with Crippen molar-refractivity contribution < 1.29 is 18.8 Å². The molecule has 106 valence electrons. The molecule has 2 aliphatic rings. The normalized spacial score (nSPS) is 23.0. The van der Waals surface area contributed by atoms with Crippen molar-refractivity contribution in [1.82, 2.24) is 5.32 Å². The van der Waals surface area contributed by atoms with Crippen LogP contribution in [0.25, 0.3) is 0 Å². The van der Waals surface area contributed by atoms with E-state index < -0.39 is 13.2 Å². The molecule has 0 bridgehead atoms. The topological polar surface area (TPSA) is 56.8 Å². The molecule has 2 aliphatic heterocycles. The minimum atomic E-state index is -0.450. The molecule has 6 heteroatoms. The first-order valence-electron chi connectivity index (χ1n) is 6.73. The van der Waals surface area contributed by atoms with E-state index in [1.165, 1.54) is 0 Å². The van der Waals surface area contributed by atoms with Gasteiger partial charge in [-0.1, -0.05) is 12.1 Å². The van der Waals surface area contributed by atoms with Crippen LogP contribution in [-0.4, -0.2) is 24.4 Å². The molecule has 0 atom stereocenters. The maximum atomic E-state index is 11.3. The smallest absolute Gasteiger partial charge is 0.410 e. The molecule has 0 saturated carbocycles. The number of carbonyl (C=O) groups excluding carboxylic acids is 1. The molecular weight excluding hydrogens is 257 g/mol. The summed E-state index contributed by atoms with van der Waals surface area (Å²) < 4.78 is 17.3. The van der Waals surface area contributed by atoms with E-state index in [0.29, 0.717) is 12.3 Å². The van der Waals surface area contributed by atoms with Crippen LogP contribution in [0.3, 0.4) is 0 Å². The van der Waals surface area contributed by atoms with Crippen molar-refractivity contribution in [3.63, 3.8) is 0 Å². The fourth-order valence-corrected chi connectivity index (χ4v) is 2.35. The summed E-state index contributed by atoms with van der Waals surface area (Å²) in [5.74, 6) is 0.570. The van der Waals surface area contributed by atoms with Crippen molar-refractivity contribution in [3.8, 4) is 5.75 Å². The van der Waals surface area contributed by atoms with Gasteiger partial charge >= 0.3 is 13.2 Å². The zero-order valence-corrected chi connectivity index (χ0v) is 12.1. The van der Waals surface area contributed by atoms with Gasteiger partial charge in [0.15, 0.2) is 0 Å². The molecule has 0 radical (unpaired) electrons. The minimum Gasteiger partial charge on any atom is -0.410 e. The van der Waals surface area contributed by atoms with Crippen molar-refractivity contribution in [3.05, 3.63) is 23.8 Å². The third-order valence-corrected chi connectivity index (χ3v) is 4.29. The van der Waals surface area contributed by atoms with E-state index in [1.54, 1.807) is 6.07 Å². The third kappa shape index (κ3) is 1.99. The molecule has 2 heterocycles. The molecule has 0 spiro atoms. The van der Waals surface area contributed by atoms with Gasteiger partial charge in [0.1, 0.15) is 5.75 Å². The number of hydrogen-bond donors (Lipinski definition) is 1. The summed E-state index contributed by atoms with van der Waals surface area (Å²) in [5.41, 5.74) is 1.03. The van der Waals surface area contributed by atoms with Crippen LogP contribution in [0.2, 0.25) is 0 Å². The summed E-state index contributed by atoms with van der Waals surface area (Å²) >= 11 is 0. The monoisotopic (exact) mass is 275 g/mol. The van der Waals surface area contributed by atoms with Crippen molar-refractivity contribution >= 4 is 18.7 Å². The first-order valence-corrected chi connectivity index (χ1v) is 6.73. The van der Waals surface area contributed by atoms with Gasteiger partial charge in [0.25, 0.3) is 0 Å². The SMILES string of the molecule is CC1(C)OB(c2cccc3c2CNC(=O)O3)OC1(C)C. The second-order valence-corrected chi connectivity index (χ2v) is 6.16. The first-order chi connectivity index (χ1) is 9.30. The lowest BCUT2D eigenvalue weighted by atomic mass is 9.75. The third-order valence-electron chi connectivity index (χ3n) is 4.29. The van der Waals surface area contributed by atoms with E-state index in [9.17, 15) is 4.79 Å². The van der Waals surface area contributed by atoms with Gasteiger partial charge in [-0.2, -0.15) is 0 Å². The van der Waals surface area contributed by atoms with Crippen LogP contribution in [0.5, 0.6) is 5.75 Å². The molecule has 1 amide bonds. The summed E-state index contributed by atoms with van der Waals surface area (Å²) in [4.78, 5) is 11.3. The lowest BCUT2D eigenvalue weighted by Gasteiger charge is -2.32. The van der Waals surface area contributed by atoms with Crippen LogP contribution >= 0.6 is 0 Å². The van der Waals surface area contributed by atoms with E-state index in [-0.39, 0.29) is 11.2 Å². The van der Waals surface area contributed by atoms with E-state index in [4.69, 9.17) is 14.0 Å². The van der Waals surface area contributed by atoms with E-state index in [0.717, 1.165) is 11.0 Å². The van der Waals surface area contributed by atoms with E-state index in [1.807, 2.05) is 39.8 Å². The number of rotatable bonds is 1. The number of hydrogen-bond acceptors (Lipinski definition) is 4. The van der Waals surface area contributed by atoms with Gasteiger partial charge in [-0.25, -0.2) is 4.79 Å². The van der Waals surface area contributed by atoms with Crippen molar-refractivity contribution in [2.24, 2.45) is 0 Å². The van der Waals surface area contributed by atoms with Gasteiger partial charge in [0, 0.05) is 12.1 Å². The maximum Gasteiger partial charge on any atom is 0.495 e. The molecule has 1 fully saturated rings. The van der Waals surface area contributed by atoms with Crippen LogP contribution in [-0.2, 0) is 15.9 Å². The highest BCUT2D eigenvalue weighted by molar-refractivity contribution is 6.62.